The number of thiophene rings is 1. The second-order valence-electron chi connectivity index (χ2n) is 6.39. The smallest absolute Gasteiger partial charge is 0.273 e. The summed E-state index contributed by atoms with van der Waals surface area (Å²) in [6, 6.07) is 6.77. The second kappa shape index (κ2) is 6.73. The van der Waals surface area contributed by atoms with Crippen molar-refractivity contribution < 1.29 is 9.72 Å². The highest BCUT2D eigenvalue weighted by molar-refractivity contribution is 7.08. The molecule has 1 aliphatic rings. The maximum absolute atomic E-state index is 12.6. The highest BCUT2D eigenvalue weighted by atomic mass is 32.1. The van der Waals surface area contributed by atoms with E-state index in [0.717, 1.165) is 12.8 Å². The minimum atomic E-state index is -0.448. The number of amides is 1. The first-order valence-electron chi connectivity index (χ1n) is 8.08. The molecule has 0 saturated heterocycles. The monoisotopic (exact) mass is 344 g/mol. The fraction of sp³-hybridized carbons (Fsp3) is 0.389. The van der Waals surface area contributed by atoms with Crippen LogP contribution in [-0.4, -0.2) is 17.4 Å². The SMILES string of the molecule is Cc1c(C(=O)NCC2(c3ccsc3)CCCC2)cccc1[N+](=O)[O-]. The van der Waals surface area contributed by atoms with Gasteiger partial charge < -0.3 is 5.32 Å². The standard InChI is InChI=1S/C18H20N2O3S/c1-13-15(5-4-6-16(13)20(22)23)17(21)19-12-18(8-2-3-9-18)14-7-10-24-11-14/h4-7,10-11H,2-3,8-9,12H2,1H3,(H,19,21). The summed E-state index contributed by atoms with van der Waals surface area (Å²) < 4.78 is 0. The van der Waals surface area contributed by atoms with Crippen LogP contribution in [0.5, 0.6) is 0 Å². The van der Waals surface area contributed by atoms with E-state index in [4.69, 9.17) is 0 Å². The summed E-state index contributed by atoms with van der Waals surface area (Å²) >= 11 is 1.68. The number of carbonyl (C=O) groups excluding carboxylic acids is 1. The van der Waals surface area contributed by atoms with Crippen molar-refractivity contribution in [2.24, 2.45) is 0 Å². The van der Waals surface area contributed by atoms with Crippen LogP contribution in [0.1, 0.15) is 47.2 Å². The van der Waals surface area contributed by atoms with Crippen LogP contribution >= 0.6 is 11.3 Å². The van der Waals surface area contributed by atoms with Gasteiger partial charge in [-0.3, -0.25) is 14.9 Å². The minimum absolute atomic E-state index is 0.00424. The van der Waals surface area contributed by atoms with Crippen LogP contribution < -0.4 is 5.32 Å². The number of nitro groups is 1. The van der Waals surface area contributed by atoms with Crippen molar-refractivity contribution in [2.45, 2.75) is 38.0 Å². The summed E-state index contributed by atoms with van der Waals surface area (Å²) in [5.74, 6) is -0.238. The summed E-state index contributed by atoms with van der Waals surface area (Å²) in [6.45, 7) is 2.20. The van der Waals surface area contributed by atoms with Crippen LogP contribution in [0.4, 0.5) is 5.69 Å². The lowest BCUT2D eigenvalue weighted by molar-refractivity contribution is -0.385. The molecular weight excluding hydrogens is 324 g/mol. The Labute approximate surface area is 144 Å². The average Bonchev–Trinajstić information content (AvgIpc) is 3.24. The van der Waals surface area contributed by atoms with Crippen molar-refractivity contribution in [2.75, 3.05) is 6.54 Å². The molecule has 0 spiro atoms. The van der Waals surface area contributed by atoms with E-state index >= 15 is 0 Å². The van der Waals surface area contributed by atoms with E-state index < -0.39 is 4.92 Å². The number of carbonyl (C=O) groups is 1. The molecule has 1 saturated carbocycles. The Morgan fingerprint density at radius 2 is 2.08 bits per heavy atom. The lowest BCUT2D eigenvalue weighted by Crippen LogP contribution is -2.39. The first kappa shape index (κ1) is 16.6. The summed E-state index contributed by atoms with van der Waals surface area (Å²) in [5, 5.41) is 18.3. The van der Waals surface area contributed by atoms with Crippen molar-refractivity contribution in [1.29, 1.82) is 0 Å². The van der Waals surface area contributed by atoms with Crippen molar-refractivity contribution in [3.05, 3.63) is 61.8 Å². The number of rotatable bonds is 5. The van der Waals surface area contributed by atoms with E-state index in [9.17, 15) is 14.9 Å². The zero-order valence-electron chi connectivity index (χ0n) is 13.6. The van der Waals surface area contributed by atoms with E-state index in [0.29, 0.717) is 17.7 Å². The first-order valence-corrected chi connectivity index (χ1v) is 9.03. The number of hydrogen-bond donors (Lipinski definition) is 1. The van der Waals surface area contributed by atoms with Crippen LogP contribution in [0.2, 0.25) is 0 Å². The quantitative estimate of drug-likeness (QED) is 0.652. The van der Waals surface area contributed by atoms with Gasteiger partial charge in [0, 0.05) is 29.2 Å². The number of nitrogens with one attached hydrogen (secondary N) is 1. The van der Waals surface area contributed by atoms with Gasteiger partial charge in [0.25, 0.3) is 11.6 Å². The second-order valence-corrected chi connectivity index (χ2v) is 7.17. The Bertz CT molecular complexity index is 750. The molecular formula is C18H20N2O3S. The van der Waals surface area contributed by atoms with Gasteiger partial charge in [0.1, 0.15) is 0 Å². The fourth-order valence-electron chi connectivity index (χ4n) is 3.60. The van der Waals surface area contributed by atoms with Crippen molar-refractivity contribution >= 4 is 22.9 Å². The van der Waals surface area contributed by atoms with Crippen LogP contribution in [0.15, 0.2) is 35.0 Å². The van der Waals surface area contributed by atoms with Gasteiger partial charge in [-0.1, -0.05) is 18.9 Å². The highest BCUT2D eigenvalue weighted by Gasteiger charge is 2.36. The van der Waals surface area contributed by atoms with E-state index in [1.807, 2.05) is 0 Å². The van der Waals surface area contributed by atoms with Gasteiger partial charge in [0.05, 0.1) is 4.92 Å². The summed E-state index contributed by atoms with van der Waals surface area (Å²) in [4.78, 5) is 23.2. The maximum atomic E-state index is 12.6. The third-order valence-electron chi connectivity index (χ3n) is 5.03. The number of nitro benzene ring substituents is 1. The molecule has 24 heavy (non-hydrogen) atoms. The Morgan fingerprint density at radius 1 is 1.33 bits per heavy atom. The molecule has 1 aromatic heterocycles. The van der Waals surface area contributed by atoms with Crippen LogP contribution in [0.3, 0.4) is 0 Å². The van der Waals surface area contributed by atoms with Gasteiger partial charge in [-0.15, -0.1) is 0 Å². The van der Waals surface area contributed by atoms with Gasteiger partial charge in [-0.05, 0) is 48.2 Å². The predicted molar refractivity (Wildman–Crippen MR) is 94.6 cm³/mol. The molecule has 1 aliphatic carbocycles. The molecule has 2 aromatic rings. The molecule has 0 unspecified atom stereocenters. The van der Waals surface area contributed by atoms with E-state index in [1.54, 1.807) is 30.4 Å². The van der Waals surface area contributed by atoms with Gasteiger partial charge in [-0.2, -0.15) is 11.3 Å². The largest absolute Gasteiger partial charge is 0.351 e. The Balaban J connectivity index is 1.78. The lowest BCUT2D eigenvalue weighted by Gasteiger charge is -2.29. The van der Waals surface area contributed by atoms with Gasteiger partial charge in [0.15, 0.2) is 0 Å². The first-order chi connectivity index (χ1) is 11.5. The molecule has 1 fully saturated rings. The highest BCUT2D eigenvalue weighted by Crippen LogP contribution is 2.41. The van der Waals surface area contributed by atoms with E-state index in [2.05, 4.69) is 22.1 Å². The number of nitrogens with zero attached hydrogens (tertiary/aromatic N) is 1. The fourth-order valence-corrected chi connectivity index (χ4v) is 4.38. The van der Waals surface area contributed by atoms with Gasteiger partial charge in [0.2, 0.25) is 0 Å². The average molecular weight is 344 g/mol. The third-order valence-corrected chi connectivity index (χ3v) is 5.71. The molecule has 1 amide bonds. The molecule has 1 heterocycles. The van der Waals surface area contributed by atoms with Crippen molar-refractivity contribution in [3.8, 4) is 0 Å². The molecule has 0 radical (unpaired) electrons. The van der Waals surface area contributed by atoms with Crippen LogP contribution in [0, 0.1) is 17.0 Å². The zero-order chi connectivity index (χ0) is 17.2. The maximum Gasteiger partial charge on any atom is 0.273 e. The van der Waals surface area contributed by atoms with Crippen LogP contribution in [0.25, 0.3) is 0 Å². The molecule has 5 nitrogen and oxygen atoms in total. The van der Waals surface area contributed by atoms with E-state index in [1.165, 1.54) is 24.5 Å². The van der Waals surface area contributed by atoms with Crippen molar-refractivity contribution in [1.82, 2.24) is 5.32 Å². The molecule has 126 valence electrons. The molecule has 1 N–H and O–H groups in total. The third kappa shape index (κ3) is 3.06. The predicted octanol–water partition coefficient (Wildman–Crippen LogP) is 4.21. The lowest BCUT2D eigenvalue weighted by atomic mass is 9.80. The Hall–Kier alpha value is -2.21. The molecule has 0 atom stereocenters. The molecule has 0 aliphatic heterocycles. The van der Waals surface area contributed by atoms with Crippen molar-refractivity contribution in [3.63, 3.8) is 0 Å². The Morgan fingerprint density at radius 3 is 2.71 bits per heavy atom. The summed E-state index contributed by atoms with van der Waals surface area (Å²) in [6.07, 6.45) is 4.47. The number of benzene rings is 1. The van der Waals surface area contributed by atoms with Gasteiger partial charge in [-0.25, -0.2) is 0 Å². The summed E-state index contributed by atoms with van der Waals surface area (Å²) in [5.41, 5.74) is 2.07. The normalized spacial score (nSPS) is 16.0. The van der Waals surface area contributed by atoms with Crippen LogP contribution in [-0.2, 0) is 5.41 Å². The Kier molecular flexibility index (Phi) is 4.66. The summed E-state index contributed by atoms with van der Waals surface area (Å²) in [7, 11) is 0. The minimum Gasteiger partial charge on any atom is -0.351 e. The zero-order valence-corrected chi connectivity index (χ0v) is 14.4. The number of hydrogen-bond acceptors (Lipinski definition) is 4. The molecule has 1 aromatic carbocycles. The van der Waals surface area contributed by atoms with E-state index in [-0.39, 0.29) is 17.0 Å². The molecule has 0 bridgehead atoms. The topological polar surface area (TPSA) is 72.2 Å². The molecule has 3 rings (SSSR count). The van der Waals surface area contributed by atoms with Gasteiger partial charge >= 0.3 is 0 Å². The molecule has 6 heteroatoms.